The van der Waals surface area contributed by atoms with E-state index in [0.29, 0.717) is 0 Å². The third-order valence-electron chi connectivity index (χ3n) is 4.64. The van der Waals surface area contributed by atoms with Gasteiger partial charge in [0.1, 0.15) is 0 Å². The summed E-state index contributed by atoms with van der Waals surface area (Å²) in [5.74, 6) is 1.91. The Morgan fingerprint density at radius 2 is 0.947 bits per heavy atom. The molecule has 0 rings (SSSR count). The average molecular weight is 269 g/mol. The molecule has 0 N–H and O–H groups in total. The van der Waals surface area contributed by atoms with Crippen LogP contribution in [0, 0.1) is 11.8 Å². The normalized spacial score (nSPS) is 14.5. The predicted octanol–water partition coefficient (Wildman–Crippen LogP) is 7.37. The fourth-order valence-electron chi connectivity index (χ4n) is 2.78. The zero-order chi connectivity index (χ0) is 14.3. The maximum Gasteiger partial charge on any atom is -0.0443 e. The molecule has 0 nitrogen and oxygen atoms in total. The molecule has 0 saturated heterocycles. The van der Waals surface area contributed by atoms with E-state index in [-0.39, 0.29) is 0 Å². The molecule has 0 bridgehead atoms. The SMILES string of the molecule is CCCCCCCCC(C)CCCCCC(C)CC. The zero-order valence-electron chi connectivity index (χ0n) is 14.3. The Morgan fingerprint density at radius 3 is 1.47 bits per heavy atom. The van der Waals surface area contributed by atoms with E-state index in [2.05, 4.69) is 27.7 Å². The Labute approximate surface area is 123 Å². The quantitative estimate of drug-likeness (QED) is 0.288. The highest BCUT2D eigenvalue weighted by atomic mass is 14.1. The predicted molar refractivity (Wildman–Crippen MR) is 89.7 cm³/mol. The first-order chi connectivity index (χ1) is 9.20. The first kappa shape index (κ1) is 19.0. The first-order valence-corrected chi connectivity index (χ1v) is 9.20. The molecule has 116 valence electrons. The van der Waals surface area contributed by atoms with Crippen LogP contribution in [0.25, 0.3) is 0 Å². The Balaban J connectivity index is 3.19. The summed E-state index contributed by atoms with van der Waals surface area (Å²) in [5.41, 5.74) is 0. The maximum absolute atomic E-state index is 2.46. The van der Waals surface area contributed by atoms with Gasteiger partial charge in [0.2, 0.25) is 0 Å². The summed E-state index contributed by atoms with van der Waals surface area (Å²) >= 11 is 0. The van der Waals surface area contributed by atoms with Gasteiger partial charge in [0.05, 0.1) is 0 Å². The van der Waals surface area contributed by atoms with Crippen LogP contribution in [0.4, 0.5) is 0 Å². The highest BCUT2D eigenvalue weighted by molar-refractivity contribution is 4.56. The molecule has 0 heteroatoms. The van der Waals surface area contributed by atoms with Crippen molar-refractivity contribution >= 4 is 0 Å². The van der Waals surface area contributed by atoms with Crippen molar-refractivity contribution in [2.24, 2.45) is 11.8 Å². The Bertz CT molecular complexity index is 161. The van der Waals surface area contributed by atoms with Gasteiger partial charge in [-0.3, -0.25) is 0 Å². The Kier molecular flexibility index (Phi) is 14.4. The molecule has 0 aliphatic rings. The summed E-state index contributed by atoms with van der Waals surface area (Å²) in [5, 5.41) is 0. The van der Waals surface area contributed by atoms with Crippen LogP contribution in [0.15, 0.2) is 0 Å². The van der Waals surface area contributed by atoms with Gasteiger partial charge in [0.25, 0.3) is 0 Å². The molecule has 0 aromatic carbocycles. The third kappa shape index (κ3) is 14.2. The molecular formula is C19H40. The Hall–Kier alpha value is 0. The number of unbranched alkanes of at least 4 members (excludes halogenated alkanes) is 7. The molecule has 0 aliphatic carbocycles. The molecule has 19 heavy (non-hydrogen) atoms. The van der Waals surface area contributed by atoms with E-state index in [4.69, 9.17) is 0 Å². The molecule has 0 saturated carbocycles. The van der Waals surface area contributed by atoms with Crippen molar-refractivity contribution in [1.29, 1.82) is 0 Å². The second-order valence-corrected chi connectivity index (χ2v) is 6.81. The lowest BCUT2D eigenvalue weighted by Gasteiger charge is -2.12. The standard InChI is InChI=1S/C19H40/c1-5-7-8-9-10-12-16-19(4)17-14-11-13-15-18(3)6-2/h18-19H,5-17H2,1-4H3. The lowest BCUT2D eigenvalue weighted by Crippen LogP contribution is -1.96. The van der Waals surface area contributed by atoms with Crippen molar-refractivity contribution < 1.29 is 0 Å². The molecule has 0 fully saturated rings. The van der Waals surface area contributed by atoms with Crippen molar-refractivity contribution in [2.75, 3.05) is 0 Å². The van der Waals surface area contributed by atoms with Crippen molar-refractivity contribution in [1.82, 2.24) is 0 Å². The fraction of sp³-hybridized carbons (Fsp3) is 1.00. The second-order valence-electron chi connectivity index (χ2n) is 6.81. The second kappa shape index (κ2) is 14.4. The van der Waals surface area contributed by atoms with Gasteiger partial charge in [-0.15, -0.1) is 0 Å². The third-order valence-corrected chi connectivity index (χ3v) is 4.64. The minimum Gasteiger partial charge on any atom is -0.0654 e. The summed E-state index contributed by atoms with van der Waals surface area (Å²) in [4.78, 5) is 0. The van der Waals surface area contributed by atoms with E-state index in [0.717, 1.165) is 11.8 Å². The molecule has 0 aromatic rings. The van der Waals surface area contributed by atoms with Gasteiger partial charge < -0.3 is 0 Å². The lowest BCUT2D eigenvalue weighted by molar-refractivity contribution is 0.419. The van der Waals surface area contributed by atoms with Crippen molar-refractivity contribution in [3.63, 3.8) is 0 Å². The van der Waals surface area contributed by atoms with Crippen LogP contribution in [0.5, 0.6) is 0 Å². The maximum atomic E-state index is 2.46. The molecular weight excluding hydrogens is 228 g/mol. The minimum absolute atomic E-state index is 0.945. The van der Waals surface area contributed by atoms with E-state index in [1.54, 1.807) is 0 Å². The van der Waals surface area contributed by atoms with Crippen molar-refractivity contribution in [3.05, 3.63) is 0 Å². The summed E-state index contributed by atoms with van der Waals surface area (Å²) in [7, 11) is 0. The molecule has 0 radical (unpaired) electrons. The van der Waals surface area contributed by atoms with E-state index in [1.165, 1.54) is 83.5 Å². The monoisotopic (exact) mass is 268 g/mol. The van der Waals surface area contributed by atoms with Crippen LogP contribution < -0.4 is 0 Å². The highest BCUT2D eigenvalue weighted by Gasteiger charge is 2.03. The number of hydrogen-bond acceptors (Lipinski definition) is 0. The smallest absolute Gasteiger partial charge is 0.0443 e. The van der Waals surface area contributed by atoms with E-state index < -0.39 is 0 Å². The van der Waals surface area contributed by atoms with Gasteiger partial charge >= 0.3 is 0 Å². The molecule has 2 atom stereocenters. The lowest BCUT2D eigenvalue weighted by atomic mass is 9.95. The van der Waals surface area contributed by atoms with Crippen LogP contribution in [0.3, 0.4) is 0 Å². The minimum atomic E-state index is 0.945. The first-order valence-electron chi connectivity index (χ1n) is 9.20. The topological polar surface area (TPSA) is 0 Å². The van der Waals surface area contributed by atoms with Crippen LogP contribution in [0.2, 0.25) is 0 Å². The van der Waals surface area contributed by atoms with Crippen LogP contribution in [0.1, 0.15) is 111 Å². The fourth-order valence-corrected chi connectivity index (χ4v) is 2.78. The van der Waals surface area contributed by atoms with E-state index in [9.17, 15) is 0 Å². The van der Waals surface area contributed by atoms with Crippen molar-refractivity contribution in [3.8, 4) is 0 Å². The summed E-state index contributed by atoms with van der Waals surface area (Å²) in [6.45, 7) is 9.46. The van der Waals surface area contributed by atoms with E-state index in [1.807, 2.05) is 0 Å². The largest absolute Gasteiger partial charge is 0.0654 e. The van der Waals surface area contributed by atoms with Gasteiger partial charge in [0, 0.05) is 0 Å². The number of rotatable bonds is 14. The van der Waals surface area contributed by atoms with Crippen LogP contribution in [-0.4, -0.2) is 0 Å². The van der Waals surface area contributed by atoms with Gasteiger partial charge in [-0.05, 0) is 11.8 Å². The summed E-state index contributed by atoms with van der Waals surface area (Å²) in [6.07, 6.45) is 18.8. The van der Waals surface area contributed by atoms with Gasteiger partial charge in [-0.25, -0.2) is 0 Å². The van der Waals surface area contributed by atoms with Gasteiger partial charge in [-0.1, -0.05) is 111 Å². The Morgan fingerprint density at radius 1 is 0.526 bits per heavy atom. The van der Waals surface area contributed by atoms with Crippen LogP contribution >= 0.6 is 0 Å². The molecule has 0 spiro atoms. The molecule has 0 aromatic heterocycles. The molecule has 0 aliphatic heterocycles. The molecule has 0 amide bonds. The zero-order valence-corrected chi connectivity index (χ0v) is 14.3. The van der Waals surface area contributed by atoms with Crippen molar-refractivity contribution in [2.45, 2.75) is 111 Å². The summed E-state index contributed by atoms with van der Waals surface area (Å²) < 4.78 is 0. The summed E-state index contributed by atoms with van der Waals surface area (Å²) in [6, 6.07) is 0. The highest BCUT2D eigenvalue weighted by Crippen LogP contribution is 2.19. The molecule has 0 heterocycles. The van der Waals surface area contributed by atoms with Gasteiger partial charge in [0.15, 0.2) is 0 Å². The molecule has 2 unspecified atom stereocenters. The number of hydrogen-bond donors (Lipinski definition) is 0. The van der Waals surface area contributed by atoms with Crippen LogP contribution in [-0.2, 0) is 0 Å². The van der Waals surface area contributed by atoms with E-state index >= 15 is 0 Å². The average Bonchev–Trinajstić information content (AvgIpc) is 2.42. The van der Waals surface area contributed by atoms with Gasteiger partial charge in [-0.2, -0.15) is 0 Å².